The van der Waals surface area contributed by atoms with Crippen molar-refractivity contribution in [3.63, 3.8) is 0 Å². The van der Waals surface area contributed by atoms with Crippen LogP contribution in [0.3, 0.4) is 0 Å². The smallest absolute Gasteiger partial charge is 0.378 e. The fourth-order valence-corrected chi connectivity index (χ4v) is 5.18. The number of amides is 2. The van der Waals surface area contributed by atoms with Crippen LogP contribution >= 0.6 is 11.6 Å². The molecule has 2 saturated heterocycles. The molecular weight excluding hydrogens is 585 g/mol. The number of hydrogen-bond acceptors (Lipinski definition) is 6. The Morgan fingerprint density at radius 1 is 1.05 bits per heavy atom. The van der Waals surface area contributed by atoms with Gasteiger partial charge in [-0.2, -0.15) is 13.2 Å². The summed E-state index contributed by atoms with van der Waals surface area (Å²) in [6, 6.07) is 6.51. The summed E-state index contributed by atoms with van der Waals surface area (Å²) in [4.78, 5) is 31.1. The lowest BCUT2D eigenvalue weighted by atomic mass is 10.1. The number of piperazine rings is 1. The highest BCUT2D eigenvalue weighted by molar-refractivity contribution is 6.31. The third-order valence-corrected chi connectivity index (χ3v) is 7.68. The molecule has 2 N–H and O–H groups in total. The zero-order valence-electron chi connectivity index (χ0n) is 23.1. The molecule has 0 aromatic heterocycles. The quantitative estimate of drug-likeness (QED) is 0.409. The van der Waals surface area contributed by atoms with E-state index < -0.39 is 41.7 Å². The molecule has 0 bridgehead atoms. The fourth-order valence-electron chi connectivity index (χ4n) is 5.02. The number of likely N-dealkylation sites (N-methyl/N-ethyl adjacent to an activating group) is 1. The summed E-state index contributed by atoms with van der Waals surface area (Å²) in [7, 11) is 0. The summed E-state index contributed by atoms with van der Waals surface area (Å²) in [5, 5.41) is 5.58. The van der Waals surface area contributed by atoms with Gasteiger partial charge in [0, 0.05) is 56.4 Å². The van der Waals surface area contributed by atoms with Crippen LogP contribution in [0.2, 0.25) is 5.02 Å². The first-order chi connectivity index (χ1) is 20.0. The molecule has 1 unspecified atom stereocenters. The molecule has 14 heteroatoms. The van der Waals surface area contributed by atoms with Gasteiger partial charge in [-0.3, -0.25) is 19.4 Å². The van der Waals surface area contributed by atoms with E-state index in [0.29, 0.717) is 62.3 Å². The van der Waals surface area contributed by atoms with Crippen molar-refractivity contribution in [2.45, 2.75) is 32.1 Å². The van der Waals surface area contributed by atoms with E-state index in [0.717, 1.165) is 6.07 Å². The van der Waals surface area contributed by atoms with Crippen LogP contribution in [0.5, 0.6) is 0 Å². The van der Waals surface area contributed by atoms with Gasteiger partial charge < -0.3 is 20.3 Å². The second-order valence-electron chi connectivity index (χ2n) is 10.1. The van der Waals surface area contributed by atoms with Crippen molar-refractivity contribution in [1.29, 1.82) is 0 Å². The first-order valence-electron chi connectivity index (χ1n) is 13.7. The van der Waals surface area contributed by atoms with Crippen LogP contribution in [0.4, 0.5) is 33.3 Å². The van der Waals surface area contributed by atoms with E-state index in [9.17, 15) is 27.2 Å². The van der Waals surface area contributed by atoms with Crippen LogP contribution in [0.15, 0.2) is 30.3 Å². The van der Waals surface area contributed by atoms with Crippen molar-refractivity contribution in [1.82, 2.24) is 15.1 Å². The van der Waals surface area contributed by atoms with Crippen molar-refractivity contribution in [3.05, 3.63) is 58.1 Å². The summed E-state index contributed by atoms with van der Waals surface area (Å²) in [6.45, 7) is 5.01. The van der Waals surface area contributed by atoms with E-state index in [1.165, 1.54) is 18.2 Å². The van der Waals surface area contributed by atoms with E-state index in [4.69, 9.17) is 16.3 Å². The number of carbonyl (C=O) groups is 2. The van der Waals surface area contributed by atoms with E-state index in [-0.39, 0.29) is 31.2 Å². The number of hydrogen-bond donors (Lipinski definition) is 2. The number of ether oxygens (including phenoxy) is 1. The van der Waals surface area contributed by atoms with Crippen LogP contribution in [-0.4, -0.2) is 92.9 Å². The summed E-state index contributed by atoms with van der Waals surface area (Å²) in [5.41, 5.74) is 0.157. The first kappa shape index (κ1) is 31.9. The van der Waals surface area contributed by atoms with E-state index in [1.54, 1.807) is 11.0 Å². The van der Waals surface area contributed by atoms with Gasteiger partial charge in [-0.05, 0) is 30.8 Å². The van der Waals surface area contributed by atoms with Crippen molar-refractivity contribution in [2.75, 3.05) is 69.2 Å². The minimum absolute atomic E-state index is 0.104. The third-order valence-electron chi connectivity index (χ3n) is 7.44. The van der Waals surface area contributed by atoms with Gasteiger partial charge in [0.2, 0.25) is 5.91 Å². The first-order valence-corrected chi connectivity index (χ1v) is 14.1. The molecule has 2 fully saturated rings. The maximum Gasteiger partial charge on any atom is 0.390 e. The lowest BCUT2D eigenvalue weighted by Crippen LogP contribution is -2.53. The molecule has 2 heterocycles. The number of carbonyl (C=O) groups excluding carboxylic acids is 2. The Morgan fingerprint density at radius 3 is 2.48 bits per heavy atom. The third kappa shape index (κ3) is 8.09. The van der Waals surface area contributed by atoms with Crippen molar-refractivity contribution in [3.8, 4) is 0 Å². The number of nitrogens with one attached hydrogen (secondary N) is 2. The van der Waals surface area contributed by atoms with E-state index in [2.05, 4.69) is 10.6 Å². The van der Waals surface area contributed by atoms with Gasteiger partial charge in [-0.25, -0.2) is 8.78 Å². The minimum atomic E-state index is -4.23. The number of morpholine rings is 1. The molecule has 0 aliphatic carbocycles. The van der Waals surface area contributed by atoms with Gasteiger partial charge in [-0.15, -0.1) is 0 Å². The molecule has 0 spiro atoms. The Balaban J connectivity index is 1.40. The highest BCUT2D eigenvalue weighted by Crippen LogP contribution is 2.31. The molecule has 1 atom stereocenters. The van der Waals surface area contributed by atoms with Crippen molar-refractivity contribution < 1.29 is 36.3 Å². The molecule has 2 aromatic carbocycles. The molecule has 0 saturated carbocycles. The SMILES string of the molecule is CCN1CCOCC1C(=O)NCc1ccc(C(=O)Nc2ccc(Cl)cc2N2CCN(CCC(F)(F)F)CC2)c(F)c1F. The van der Waals surface area contributed by atoms with E-state index >= 15 is 4.39 Å². The standard InChI is InChI=1S/C28H33ClF5N5O3/c1-2-38-13-14-42-17-23(38)27(41)35-16-18-3-5-20(25(31)24(18)30)26(40)36-21-6-4-19(29)15-22(21)39-11-9-37(10-12-39)8-7-28(32,33)34/h3-6,15,23H,2,7-14,16-17H2,1H3,(H,35,41)(H,36,40). The molecule has 2 aromatic rings. The molecule has 8 nitrogen and oxygen atoms in total. The molecule has 0 radical (unpaired) electrons. The van der Waals surface area contributed by atoms with Gasteiger partial charge in [0.05, 0.1) is 36.6 Å². The summed E-state index contributed by atoms with van der Waals surface area (Å²) in [5.74, 6) is -3.87. The van der Waals surface area contributed by atoms with Crippen LogP contribution in [0.1, 0.15) is 29.3 Å². The molecule has 230 valence electrons. The second-order valence-corrected chi connectivity index (χ2v) is 10.6. The van der Waals surface area contributed by atoms with Crippen LogP contribution in [0.25, 0.3) is 0 Å². The van der Waals surface area contributed by atoms with Crippen LogP contribution in [0, 0.1) is 11.6 Å². The average Bonchev–Trinajstić information content (AvgIpc) is 2.97. The maximum absolute atomic E-state index is 15.0. The van der Waals surface area contributed by atoms with Crippen molar-refractivity contribution >= 4 is 34.8 Å². The monoisotopic (exact) mass is 617 g/mol. The lowest BCUT2D eigenvalue weighted by Gasteiger charge is -2.37. The summed E-state index contributed by atoms with van der Waals surface area (Å²) in [6.07, 6.45) is -5.13. The maximum atomic E-state index is 15.0. The topological polar surface area (TPSA) is 77.1 Å². The minimum Gasteiger partial charge on any atom is -0.378 e. The molecule has 4 rings (SSSR count). The van der Waals surface area contributed by atoms with Gasteiger partial charge in [0.1, 0.15) is 6.04 Å². The Bertz CT molecular complexity index is 1270. The molecule has 2 aliphatic heterocycles. The lowest BCUT2D eigenvalue weighted by molar-refractivity contribution is -0.138. The summed E-state index contributed by atoms with van der Waals surface area (Å²) >= 11 is 6.18. The van der Waals surface area contributed by atoms with Crippen LogP contribution < -0.4 is 15.5 Å². The Kier molecular flexibility index (Phi) is 10.6. The number of alkyl halides is 3. The predicted octanol–water partition coefficient (Wildman–Crippen LogP) is 4.28. The zero-order valence-corrected chi connectivity index (χ0v) is 23.8. The fraction of sp³-hybridized carbons (Fsp3) is 0.500. The highest BCUT2D eigenvalue weighted by Gasteiger charge is 2.30. The number of benzene rings is 2. The van der Waals surface area contributed by atoms with Crippen LogP contribution in [-0.2, 0) is 16.1 Å². The number of rotatable bonds is 9. The molecule has 2 aliphatic rings. The summed E-state index contributed by atoms with van der Waals surface area (Å²) < 4.78 is 73.1. The van der Waals surface area contributed by atoms with Gasteiger partial charge >= 0.3 is 6.18 Å². The average molecular weight is 618 g/mol. The Labute approximate surface area is 245 Å². The van der Waals surface area contributed by atoms with E-state index in [1.807, 2.05) is 16.7 Å². The van der Waals surface area contributed by atoms with Crippen molar-refractivity contribution in [2.24, 2.45) is 0 Å². The molecular formula is C28H33ClF5N5O3. The number of halogens is 6. The largest absolute Gasteiger partial charge is 0.390 e. The zero-order chi connectivity index (χ0) is 30.4. The Hall–Kier alpha value is -3.00. The predicted molar refractivity (Wildman–Crippen MR) is 149 cm³/mol. The highest BCUT2D eigenvalue weighted by atomic mass is 35.5. The Morgan fingerprint density at radius 2 is 1.79 bits per heavy atom. The molecule has 42 heavy (non-hydrogen) atoms. The normalized spacial score (nSPS) is 18.6. The van der Waals surface area contributed by atoms with Gasteiger partial charge in [-0.1, -0.05) is 24.6 Å². The second kappa shape index (κ2) is 14.0. The number of nitrogens with zero attached hydrogens (tertiary/aromatic N) is 3. The molecule has 2 amide bonds. The van der Waals surface area contributed by atoms with Gasteiger partial charge in [0.25, 0.3) is 5.91 Å². The van der Waals surface area contributed by atoms with Gasteiger partial charge in [0.15, 0.2) is 11.6 Å². The number of anilines is 2.